The second-order valence-electron chi connectivity index (χ2n) is 5.56. The van der Waals surface area contributed by atoms with Crippen molar-refractivity contribution in [3.05, 3.63) is 70.9 Å². The minimum Gasteiger partial charge on any atom is -0.546 e. The monoisotopic (exact) mass is 352 g/mol. The normalized spacial score (nSPS) is 12.4. The van der Waals surface area contributed by atoms with Crippen molar-refractivity contribution >= 4 is 40.6 Å². The SMILES string of the molecule is CC(Oc1cccc(C=Cc2ccc3ccc(Cl)cc3n2)c1)C(=O)[O-]. The fourth-order valence-corrected chi connectivity index (χ4v) is 2.49. The number of rotatable bonds is 5. The standard InChI is InChI=1S/C20H16ClNO3/c1-13(20(23)24)25-18-4-2-3-14(11-18)5-9-17-10-7-15-6-8-16(21)12-19(15)22-17/h2-13H,1H3,(H,23,24)/p-1. The number of nitrogens with zero attached hydrogens (tertiary/aromatic N) is 1. The van der Waals surface area contributed by atoms with Crippen molar-refractivity contribution in [2.45, 2.75) is 13.0 Å². The molecule has 0 radical (unpaired) electrons. The summed E-state index contributed by atoms with van der Waals surface area (Å²) in [6.07, 6.45) is 2.75. The molecule has 3 rings (SSSR count). The number of carboxylic acids is 1. The molecule has 0 amide bonds. The Balaban J connectivity index is 1.81. The summed E-state index contributed by atoms with van der Waals surface area (Å²) in [5, 5.41) is 12.4. The maximum Gasteiger partial charge on any atom is 0.135 e. The number of carboxylic acid groups (broad SMARTS) is 1. The summed E-state index contributed by atoms with van der Waals surface area (Å²) in [4.78, 5) is 15.3. The molecular weight excluding hydrogens is 338 g/mol. The number of hydrogen-bond acceptors (Lipinski definition) is 4. The highest BCUT2D eigenvalue weighted by atomic mass is 35.5. The van der Waals surface area contributed by atoms with Crippen LogP contribution in [0.5, 0.6) is 5.75 Å². The van der Waals surface area contributed by atoms with Gasteiger partial charge >= 0.3 is 0 Å². The van der Waals surface area contributed by atoms with Crippen molar-refractivity contribution in [1.82, 2.24) is 4.98 Å². The number of carbonyl (C=O) groups excluding carboxylic acids is 1. The van der Waals surface area contributed by atoms with E-state index in [4.69, 9.17) is 16.3 Å². The summed E-state index contributed by atoms with van der Waals surface area (Å²) in [6.45, 7) is 1.43. The van der Waals surface area contributed by atoms with Crippen molar-refractivity contribution in [2.75, 3.05) is 0 Å². The summed E-state index contributed by atoms with van der Waals surface area (Å²) in [6, 6.07) is 16.6. The summed E-state index contributed by atoms with van der Waals surface area (Å²) in [5.41, 5.74) is 2.50. The van der Waals surface area contributed by atoms with Crippen LogP contribution in [0.1, 0.15) is 18.2 Å². The topological polar surface area (TPSA) is 62.2 Å². The Morgan fingerprint density at radius 3 is 2.76 bits per heavy atom. The number of halogens is 1. The zero-order chi connectivity index (χ0) is 17.8. The summed E-state index contributed by atoms with van der Waals surface area (Å²) >= 11 is 6.01. The first-order chi connectivity index (χ1) is 12.0. The van der Waals surface area contributed by atoms with Crippen molar-refractivity contribution in [1.29, 1.82) is 0 Å². The van der Waals surface area contributed by atoms with Crippen LogP contribution in [0, 0.1) is 0 Å². The number of carbonyl (C=O) groups is 1. The Labute approximate surface area is 150 Å². The molecule has 0 bridgehead atoms. The van der Waals surface area contributed by atoms with Gasteiger partial charge in [-0.1, -0.05) is 41.9 Å². The highest BCUT2D eigenvalue weighted by Gasteiger charge is 2.04. The molecule has 0 N–H and O–H groups in total. The largest absolute Gasteiger partial charge is 0.546 e. The smallest absolute Gasteiger partial charge is 0.135 e. The van der Waals surface area contributed by atoms with Gasteiger partial charge in [0.1, 0.15) is 11.9 Å². The molecule has 0 spiro atoms. The molecule has 1 heterocycles. The van der Waals surface area contributed by atoms with Crippen LogP contribution >= 0.6 is 11.6 Å². The fourth-order valence-electron chi connectivity index (χ4n) is 2.32. The van der Waals surface area contributed by atoms with E-state index in [0.717, 1.165) is 22.2 Å². The quantitative estimate of drug-likeness (QED) is 0.704. The van der Waals surface area contributed by atoms with Gasteiger partial charge in [0.2, 0.25) is 0 Å². The second-order valence-corrected chi connectivity index (χ2v) is 5.99. The van der Waals surface area contributed by atoms with Gasteiger partial charge in [-0.05, 0) is 48.9 Å². The molecule has 0 saturated carbocycles. The minimum atomic E-state index is -1.25. The number of ether oxygens (including phenoxy) is 1. The summed E-state index contributed by atoms with van der Waals surface area (Å²) < 4.78 is 5.31. The molecule has 25 heavy (non-hydrogen) atoms. The number of benzene rings is 2. The molecule has 1 aromatic heterocycles. The Morgan fingerprint density at radius 1 is 1.16 bits per heavy atom. The van der Waals surface area contributed by atoms with Crippen LogP contribution in [0.15, 0.2) is 54.6 Å². The van der Waals surface area contributed by atoms with Crippen LogP contribution < -0.4 is 9.84 Å². The first-order valence-electron chi connectivity index (χ1n) is 7.73. The van der Waals surface area contributed by atoms with Crippen molar-refractivity contribution < 1.29 is 14.6 Å². The predicted octanol–water partition coefficient (Wildman–Crippen LogP) is 3.58. The van der Waals surface area contributed by atoms with Gasteiger partial charge in [-0.15, -0.1) is 0 Å². The maximum absolute atomic E-state index is 10.8. The molecule has 0 aliphatic rings. The van der Waals surface area contributed by atoms with Crippen LogP contribution in [0.3, 0.4) is 0 Å². The first kappa shape index (κ1) is 17.0. The average Bonchev–Trinajstić information content (AvgIpc) is 2.59. The van der Waals surface area contributed by atoms with E-state index in [9.17, 15) is 9.90 Å². The fraction of sp³-hybridized carbons (Fsp3) is 0.100. The number of aliphatic carboxylic acids is 1. The molecule has 0 aliphatic carbocycles. The van der Waals surface area contributed by atoms with E-state index in [-0.39, 0.29) is 0 Å². The molecule has 2 aromatic carbocycles. The van der Waals surface area contributed by atoms with E-state index in [1.54, 1.807) is 18.2 Å². The number of aromatic nitrogens is 1. The maximum atomic E-state index is 10.8. The third-order valence-electron chi connectivity index (χ3n) is 3.63. The molecule has 5 heteroatoms. The van der Waals surface area contributed by atoms with Gasteiger partial charge in [0.15, 0.2) is 0 Å². The summed E-state index contributed by atoms with van der Waals surface area (Å²) in [5.74, 6) is -0.780. The van der Waals surface area contributed by atoms with Gasteiger partial charge < -0.3 is 14.6 Å². The molecule has 126 valence electrons. The molecule has 1 atom stereocenters. The van der Waals surface area contributed by atoms with Crippen molar-refractivity contribution in [3.63, 3.8) is 0 Å². The van der Waals surface area contributed by atoms with Crippen LogP contribution in [0.4, 0.5) is 0 Å². The van der Waals surface area contributed by atoms with Gasteiger partial charge in [-0.3, -0.25) is 0 Å². The van der Waals surface area contributed by atoms with E-state index in [1.165, 1.54) is 6.92 Å². The molecule has 0 fully saturated rings. The third kappa shape index (κ3) is 4.37. The molecule has 1 unspecified atom stereocenters. The highest BCUT2D eigenvalue weighted by Crippen LogP contribution is 2.20. The summed E-state index contributed by atoms with van der Waals surface area (Å²) in [7, 11) is 0. The Hall–Kier alpha value is -2.85. The highest BCUT2D eigenvalue weighted by molar-refractivity contribution is 6.31. The lowest BCUT2D eigenvalue weighted by atomic mass is 10.1. The van der Waals surface area contributed by atoms with Crippen LogP contribution in [0.2, 0.25) is 5.02 Å². The zero-order valence-corrected chi connectivity index (χ0v) is 14.2. The Kier molecular flexibility index (Phi) is 5.00. The van der Waals surface area contributed by atoms with E-state index >= 15 is 0 Å². The number of pyridine rings is 1. The second kappa shape index (κ2) is 7.36. The van der Waals surface area contributed by atoms with Gasteiger partial charge in [-0.2, -0.15) is 0 Å². The molecule has 0 aliphatic heterocycles. The van der Waals surface area contributed by atoms with Crippen LogP contribution in [-0.2, 0) is 4.79 Å². The van der Waals surface area contributed by atoms with E-state index in [2.05, 4.69) is 4.98 Å². The molecular formula is C20H15ClNO3-. The Bertz CT molecular complexity index is 953. The van der Waals surface area contributed by atoms with Crippen molar-refractivity contribution in [3.8, 4) is 5.75 Å². The lowest BCUT2D eigenvalue weighted by Gasteiger charge is -2.15. The molecule has 0 saturated heterocycles. The number of fused-ring (bicyclic) bond motifs is 1. The number of hydrogen-bond donors (Lipinski definition) is 0. The molecule has 4 nitrogen and oxygen atoms in total. The lowest BCUT2D eigenvalue weighted by Crippen LogP contribution is -2.37. The van der Waals surface area contributed by atoms with Crippen LogP contribution in [0.25, 0.3) is 23.1 Å². The Morgan fingerprint density at radius 2 is 1.96 bits per heavy atom. The van der Waals surface area contributed by atoms with E-state index < -0.39 is 12.1 Å². The van der Waals surface area contributed by atoms with Crippen LogP contribution in [-0.4, -0.2) is 17.1 Å². The molecule has 3 aromatic rings. The van der Waals surface area contributed by atoms with Gasteiger partial charge in [0.05, 0.1) is 17.2 Å². The van der Waals surface area contributed by atoms with Crippen molar-refractivity contribution in [2.24, 2.45) is 0 Å². The van der Waals surface area contributed by atoms with Gasteiger partial charge in [-0.25, -0.2) is 4.98 Å². The van der Waals surface area contributed by atoms with E-state index in [1.807, 2.05) is 48.6 Å². The third-order valence-corrected chi connectivity index (χ3v) is 3.86. The van der Waals surface area contributed by atoms with E-state index in [0.29, 0.717) is 10.8 Å². The van der Waals surface area contributed by atoms with Gasteiger partial charge in [0, 0.05) is 10.4 Å². The average molecular weight is 353 g/mol. The minimum absolute atomic E-state index is 0.470. The van der Waals surface area contributed by atoms with Gasteiger partial charge in [0.25, 0.3) is 0 Å². The zero-order valence-electron chi connectivity index (χ0n) is 13.5. The first-order valence-corrected chi connectivity index (χ1v) is 8.11. The predicted molar refractivity (Wildman–Crippen MR) is 97.2 cm³/mol. The lowest BCUT2D eigenvalue weighted by molar-refractivity contribution is -0.312.